The molecule has 0 aromatic carbocycles. The minimum Gasteiger partial charge on any atom is -0.619 e. The topological polar surface area (TPSA) is 72.0 Å². The predicted octanol–water partition coefficient (Wildman–Crippen LogP) is 2.53. The van der Waals surface area contributed by atoms with Gasteiger partial charge in [-0.05, 0) is 12.0 Å². The fourth-order valence-electron chi connectivity index (χ4n) is 2.68. The number of pyridine rings is 1. The smallest absolute Gasteiger partial charge is 0.196 e. The molecule has 2 N–H and O–H groups in total. The van der Waals surface area contributed by atoms with Crippen LogP contribution in [-0.4, -0.2) is 10.2 Å². The molecule has 0 saturated carbocycles. The Morgan fingerprint density at radius 3 is 2.86 bits per heavy atom. The molecule has 0 bridgehead atoms. The first-order valence-corrected chi connectivity index (χ1v) is 6.84. The number of rotatable bonds is 3. The lowest BCUT2D eigenvalue weighted by atomic mass is 9.86. The normalized spacial score (nSPS) is 17.0. The molecule has 2 aromatic rings. The summed E-state index contributed by atoms with van der Waals surface area (Å²) >= 11 is 0. The van der Waals surface area contributed by atoms with Crippen LogP contribution in [0.15, 0.2) is 42.1 Å². The van der Waals surface area contributed by atoms with E-state index in [1.807, 2.05) is 0 Å². The highest BCUT2D eigenvalue weighted by atomic mass is 16.5. The average molecular weight is 281 g/mol. The highest BCUT2D eigenvalue weighted by Gasteiger charge is 2.31. The molecule has 1 unspecified atom stereocenters. The van der Waals surface area contributed by atoms with Gasteiger partial charge in [0.25, 0.3) is 0 Å². The van der Waals surface area contributed by atoms with Gasteiger partial charge in [0.1, 0.15) is 5.82 Å². The van der Waals surface area contributed by atoms with Gasteiger partial charge in [0.15, 0.2) is 18.1 Å². The van der Waals surface area contributed by atoms with Crippen molar-refractivity contribution in [2.24, 2.45) is 0 Å². The maximum atomic E-state index is 11.2. The molecule has 0 aliphatic carbocycles. The molecule has 0 fully saturated rings. The summed E-state index contributed by atoms with van der Waals surface area (Å²) in [6, 6.07) is 3.52. The number of H-pyrrole nitrogens is 1. The number of hydrogen-bond acceptors (Lipinski definition) is 3. The third-order valence-electron chi connectivity index (χ3n) is 3.62. The lowest BCUT2D eigenvalue weighted by Crippen LogP contribution is -2.25. The van der Waals surface area contributed by atoms with Gasteiger partial charge in [0, 0.05) is 23.4 Å². The van der Waals surface area contributed by atoms with Gasteiger partial charge in [-0.2, -0.15) is 9.83 Å². The van der Waals surface area contributed by atoms with Crippen molar-refractivity contribution in [3.63, 3.8) is 0 Å². The molecule has 1 atom stereocenters. The molecule has 6 heteroatoms. The zero-order chi connectivity index (χ0) is 14.8. The van der Waals surface area contributed by atoms with Gasteiger partial charge in [0.2, 0.25) is 0 Å². The first kappa shape index (κ1) is 13.2. The fourth-order valence-corrected chi connectivity index (χ4v) is 2.68. The molecular weight excluding hydrogens is 266 g/mol. The minimum atomic E-state index is -0.180. The van der Waals surface area contributed by atoms with Crippen LogP contribution >= 0.6 is 0 Å². The molecule has 1 aliphatic rings. The van der Waals surface area contributed by atoms with E-state index in [0.717, 1.165) is 40.2 Å². The summed E-state index contributed by atoms with van der Waals surface area (Å²) in [5.41, 5.74) is 3.46. The molecular formula is C15H15N5O. The zero-order valence-corrected chi connectivity index (χ0v) is 11.6. The van der Waals surface area contributed by atoms with Crippen LogP contribution in [0.5, 0.6) is 0 Å². The number of fused-ring (bicyclic) bond motifs is 1. The van der Waals surface area contributed by atoms with Crippen LogP contribution in [0, 0.1) is 11.8 Å². The first-order chi connectivity index (χ1) is 10.2. The quantitative estimate of drug-likeness (QED) is 0.516. The molecule has 3 heterocycles. The monoisotopic (exact) mass is 281 g/mol. The third kappa shape index (κ3) is 2.23. The van der Waals surface area contributed by atoms with Crippen LogP contribution in [0.3, 0.4) is 0 Å². The van der Waals surface area contributed by atoms with Gasteiger partial charge in [-0.25, -0.2) is 4.85 Å². The highest BCUT2D eigenvalue weighted by molar-refractivity contribution is 5.62. The maximum Gasteiger partial charge on any atom is 0.196 e. The number of aromatic amines is 1. The molecule has 0 amide bonds. The van der Waals surface area contributed by atoms with Crippen molar-refractivity contribution in [1.82, 2.24) is 10.2 Å². The van der Waals surface area contributed by atoms with E-state index in [9.17, 15) is 5.21 Å². The second kappa shape index (κ2) is 5.29. The van der Waals surface area contributed by atoms with E-state index in [-0.39, 0.29) is 5.92 Å². The zero-order valence-electron chi connectivity index (χ0n) is 11.6. The molecule has 1 aliphatic heterocycles. The van der Waals surface area contributed by atoms with Gasteiger partial charge in [0.05, 0.1) is 18.7 Å². The molecule has 2 aromatic heterocycles. The maximum absolute atomic E-state index is 11.2. The van der Waals surface area contributed by atoms with Crippen molar-refractivity contribution in [1.29, 1.82) is 0 Å². The number of nitrogens with one attached hydrogen (secondary N) is 2. The molecule has 6 nitrogen and oxygen atoms in total. The number of allylic oxidation sites excluding steroid dienone is 2. The Hall–Kier alpha value is -2.81. The number of aromatic nitrogens is 3. The largest absolute Gasteiger partial charge is 0.619 e. The molecule has 3 rings (SSSR count). The Labute approximate surface area is 122 Å². The Morgan fingerprint density at radius 1 is 1.43 bits per heavy atom. The summed E-state index contributed by atoms with van der Waals surface area (Å²) in [6.45, 7) is 9.63. The Morgan fingerprint density at radius 2 is 2.19 bits per heavy atom. The summed E-state index contributed by atoms with van der Waals surface area (Å²) in [7, 11) is 0. The van der Waals surface area contributed by atoms with Gasteiger partial charge in [-0.15, -0.1) is 0 Å². The van der Waals surface area contributed by atoms with Crippen molar-refractivity contribution in [2.45, 2.75) is 25.7 Å². The van der Waals surface area contributed by atoms with E-state index < -0.39 is 0 Å². The first-order valence-electron chi connectivity index (χ1n) is 6.84. The molecule has 0 radical (unpaired) electrons. The third-order valence-corrected chi connectivity index (χ3v) is 3.62. The van der Waals surface area contributed by atoms with Crippen molar-refractivity contribution in [3.8, 4) is 0 Å². The Bertz CT molecular complexity index is 723. The van der Waals surface area contributed by atoms with Crippen molar-refractivity contribution in [2.75, 3.05) is 5.32 Å². The standard InChI is InChI=1S/C15H15N5O/c1-3-4-12-14(16-2)13(10-5-7-20(21)8-6-10)11-9-17-19-15(11)18-12/h5-9,13H,3-4H2,1H3,(H2,17,18,19). The second-order valence-electron chi connectivity index (χ2n) is 4.98. The molecule has 21 heavy (non-hydrogen) atoms. The Balaban J connectivity index is 2.15. The fraction of sp³-hybridized carbons (Fsp3) is 0.267. The van der Waals surface area contributed by atoms with Crippen LogP contribution in [0.4, 0.5) is 5.82 Å². The summed E-state index contributed by atoms with van der Waals surface area (Å²) in [5.74, 6) is 0.648. The van der Waals surface area contributed by atoms with E-state index in [0.29, 0.717) is 5.70 Å². The lowest BCUT2D eigenvalue weighted by molar-refractivity contribution is -0.605. The van der Waals surface area contributed by atoms with E-state index in [2.05, 4.69) is 27.3 Å². The minimum absolute atomic E-state index is 0.180. The summed E-state index contributed by atoms with van der Waals surface area (Å²) < 4.78 is 0.745. The number of anilines is 1. The van der Waals surface area contributed by atoms with Crippen molar-refractivity contribution < 1.29 is 4.73 Å². The van der Waals surface area contributed by atoms with Gasteiger partial charge in [-0.1, -0.05) is 13.3 Å². The van der Waals surface area contributed by atoms with Crippen LogP contribution in [-0.2, 0) is 0 Å². The van der Waals surface area contributed by atoms with Gasteiger partial charge < -0.3 is 10.5 Å². The van der Waals surface area contributed by atoms with Crippen LogP contribution in [0.1, 0.15) is 36.8 Å². The van der Waals surface area contributed by atoms with E-state index in [1.54, 1.807) is 18.3 Å². The second-order valence-corrected chi connectivity index (χ2v) is 4.98. The van der Waals surface area contributed by atoms with E-state index >= 15 is 0 Å². The highest BCUT2D eigenvalue weighted by Crippen LogP contribution is 2.41. The van der Waals surface area contributed by atoms with Crippen molar-refractivity contribution in [3.05, 3.63) is 69.9 Å². The predicted molar refractivity (Wildman–Crippen MR) is 78.0 cm³/mol. The molecule has 0 spiro atoms. The van der Waals surface area contributed by atoms with Crippen molar-refractivity contribution >= 4 is 5.82 Å². The summed E-state index contributed by atoms with van der Waals surface area (Å²) in [4.78, 5) is 3.75. The molecule has 106 valence electrons. The lowest BCUT2D eigenvalue weighted by Gasteiger charge is -2.25. The van der Waals surface area contributed by atoms with Crippen LogP contribution in [0.25, 0.3) is 4.85 Å². The summed E-state index contributed by atoms with van der Waals surface area (Å²) in [6.07, 6.45) is 6.41. The van der Waals surface area contributed by atoms with Gasteiger partial charge in [-0.3, -0.25) is 5.10 Å². The van der Waals surface area contributed by atoms with E-state index in [4.69, 9.17) is 6.57 Å². The SMILES string of the molecule is [C-]#[N+]C1=C(CCC)Nc2[nH]ncc2C1c1cc[n+]([O-])cc1. The molecule has 0 saturated heterocycles. The average Bonchev–Trinajstić information content (AvgIpc) is 2.95. The Kier molecular flexibility index (Phi) is 3.32. The van der Waals surface area contributed by atoms with Gasteiger partial charge >= 0.3 is 0 Å². The number of nitrogens with zero attached hydrogens (tertiary/aromatic N) is 3. The van der Waals surface area contributed by atoms with Crippen LogP contribution in [0.2, 0.25) is 0 Å². The number of hydrogen-bond donors (Lipinski definition) is 2. The summed E-state index contributed by atoms with van der Waals surface area (Å²) in [5, 5.41) is 21.5. The van der Waals surface area contributed by atoms with E-state index in [1.165, 1.54) is 12.4 Å². The van der Waals surface area contributed by atoms with Crippen LogP contribution < -0.4 is 10.0 Å².